The number of aromatic hydroxyl groups is 1. The molecular formula is C23H19F3N4O4. The second kappa shape index (κ2) is 7.87. The minimum absolute atomic E-state index is 0.143. The molecule has 0 spiro atoms. The average Bonchev–Trinajstić information content (AvgIpc) is 3.36. The number of oxazole rings is 1. The van der Waals surface area contributed by atoms with Gasteiger partial charge >= 0.3 is 12.2 Å². The number of hydrogen-bond donors (Lipinski definition) is 2. The number of nitrogens with zero attached hydrogens (tertiary/aromatic N) is 4. The summed E-state index contributed by atoms with van der Waals surface area (Å²) < 4.78 is 46.4. The lowest BCUT2D eigenvalue weighted by Crippen LogP contribution is -2.21. The molecule has 1 aromatic carbocycles. The predicted molar refractivity (Wildman–Crippen MR) is 116 cm³/mol. The number of aromatic nitrogens is 3. The van der Waals surface area contributed by atoms with Gasteiger partial charge in [-0.2, -0.15) is 18.2 Å². The molecule has 3 aromatic heterocycles. The normalized spacial score (nSPS) is 13.6. The van der Waals surface area contributed by atoms with Crippen LogP contribution in [0.5, 0.6) is 5.75 Å². The van der Waals surface area contributed by atoms with E-state index in [9.17, 15) is 23.1 Å². The largest absolute Gasteiger partial charge is 0.507 e. The summed E-state index contributed by atoms with van der Waals surface area (Å²) in [5.74, 6) is -0.525. The molecule has 0 fully saturated rings. The summed E-state index contributed by atoms with van der Waals surface area (Å²) in [5, 5.41) is 19.4. The molecule has 0 bridgehead atoms. The highest BCUT2D eigenvalue weighted by molar-refractivity contribution is 5.78. The first-order valence-electron chi connectivity index (χ1n) is 10.4. The zero-order valence-electron chi connectivity index (χ0n) is 17.9. The molecule has 0 unspecified atom stereocenters. The maximum absolute atomic E-state index is 13.0. The van der Waals surface area contributed by atoms with Gasteiger partial charge in [-0.15, -0.1) is 0 Å². The molecule has 1 aliphatic heterocycles. The third kappa shape index (κ3) is 3.77. The molecular weight excluding hydrogens is 453 g/mol. The zero-order chi connectivity index (χ0) is 24.2. The van der Waals surface area contributed by atoms with Crippen LogP contribution < -0.4 is 10.5 Å². The van der Waals surface area contributed by atoms with Crippen molar-refractivity contribution in [3.8, 4) is 17.0 Å². The van der Waals surface area contributed by atoms with Gasteiger partial charge in [-0.1, -0.05) is 0 Å². The van der Waals surface area contributed by atoms with E-state index >= 15 is 0 Å². The van der Waals surface area contributed by atoms with Crippen molar-refractivity contribution in [2.24, 2.45) is 0 Å². The molecule has 11 heteroatoms. The summed E-state index contributed by atoms with van der Waals surface area (Å²) >= 11 is 0. The third-order valence-electron chi connectivity index (χ3n) is 5.78. The van der Waals surface area contributed by atoms with E-state index in [4.69, 9.17) is 9.52 Å². The lowest BCUT2D eigenvalue weighted by Gasteiger charge is -2.13. The molecule has 5 rings (SSSR count). The number of aliphatic hydroxyl groups is 1. The summed E-state index contributed by atoms with van der Waals surface area (Å²) in [6.07, 6.45) is -2.86. The van der Waals surface area contributed by atoms with E-state index in [1.165, 1.54) is 17.6 Å². The highest BCUT2D eigenvalue weighted by Gasteiger charge is 2.32. The minimum Gasteiger partial charge on any atom is -0.507 e. The topological polar surface area (TPSA) is 105 Å². The van der Waals surface area contributed by atoms with Crippen molar-refractivity contribution in [2.45, 2.75) is 32.7 Å². The van der Waals surface area contributed by atoms with Crippen molar-refractivity contribution < 1.29 is 27.8 Å². The van der Waals surface area contributed by atoms with Gasteiger partial charge in [-0.05, 0) is 47.9 Å². The van der Waals surface area contributed by atoms with Crippen LogP contribution in [0.1, 0.15) is 22.3 Å². The number of hydrogen-bond acceptors (Lipinski definition) is 7. The van der Waals surface area contributed by atoms with Crippen molar-refractivity contribution in [3.63, 3.8) is 0 Å². The van der Waals surface area contributed by atoms with Gasteiger partial charge in [0, 0.05) is 37.5 Å². The van der Waals surface area contributed by atoms with Crippen molar-refractivity contribution in [3.05, 3.63) is 69.1 Å². The molecule has 2 N–H and O–H groups in total. The molecule has 0 saturated carbocycles. The van der Waals surface area contributed by atoms with Crippen LogP contribution in [-0.4, -0.2) is 31.4 Å². The number of fused-ring (bicyclic) bond motifs is 2. The van der Waals surface area contributed by atoms with E-state index < -0.39 is 17.5 Å². The molecule has 34 heavy (non-hydrogen) atoms. The van der Waals surface area contributed by atoms with Gasteiger partial charge in [0.1, 0.15) is 5.75 Å². The fourth-order valence-electron chi connectivity index (χ4n) is 4.18. The maximum atomic E-state index is 13.0. The molecule has 0 saturated heterocycles. The molecule has 1 aliphatic rings. The number of halogens is 3. The van der Waals surface area contributed by atoms with Gasteiger partial charge in [-0.25, -0.2) is 4.98 Å². The highest BCUT2D eigenvalue weighted by Crippen LogP contribution is 2.39. The van der Waals surface area contributed by atoms with Crippen LogP contribution in [0.25, 0.3) is 22.5 Å². The Morgan fingerprint density at radius 2 is 1.88 bits per heavy atom. The summed E-state index contributed by atoms with van der Waals surface area (Å²) in [4.78, 5) is 22.8. The SMILES string of the molecule is Cc1cc(C(F)(F)F)cc(O)c1-c1ccc2oc(N3Cc4cc(=O)n(CCO)cc4C3)nc2n1. The van der Waals surface area contributed by atoms with E-state index in [0.717, 1.165) is 17.2 Å². The number of alkyl halides is 3. The number of benzene rings is 1. The lowest BCUT2D eigenvalue weighted by molar-refractivity contribution is -0.137. The Balaban J connectivity index is 1.47. The fraction of sp³-hybridized carbons (Fsp3) is 0.261. The van der Waals surface area contributed by atoms with Gasteiger partial charge in [0.2, 0.25) is 5.65 Å². The standard InChI is InChI=1S/C23H19F3N4O4/c1-12-6-15(23(24,25)26)8-17(32)20(12)16-2-3-18-21(27-16)28-22(34-18)30-9-13-7-19(33)29(4-5-31)10-14(13)11-30/h2-3,6-8,10,31-32H,4-5,9,11H2,1H3. The molecule has 8 nitrogen and oxygen atoms in total. The quantitative estimate of drug-likeness (QED) is 0.468. The summed E-state index contributed by atoms with van der Waals surface area (Å²) in [7, 11) is 0. The van der Waals surface area contributed by atoms with Gasteiger partial charge in [-0.3, -0.25) is 4.79 Å². The Labute approximate surface area is 190 Å². The predicted octanol–water partition coefficient (Wildman–Crippen LogP) is 3.60. The van der Waals surface area contributed by atoms with E-state index in [1.54, 1.807) is 18.3 Å². The lowest BCUT2D eigenvalue weighted by atomic mass is 10.0. The zero-order valence-corrected chi connectivity index (χ0v) is 17.9. The van der Waals surface area contributed by atoms with Crippen LogP contribution in [-0.2, 0) is 25.8 Å². The van der Waals surface area contributed by atoms with Crippen molar-refractivity contribution in [1.82, 2.24) is 14.5 Å². The second-order valence-electron chi connectivity index (χ2n) is 8.13. The maximum Gasteiger partial charge on any atom is 0.416 e. The number of anilines is 1. The third-order valence-corrected chi connectivity index (χ3v) is 5.78. The van der Waals surface area contributed by atoms with Crippen molar-refractivity contribution in [2.75, 3.05) is 11.5 Å². The molecule has 4 aromatic rings. The van der Waals surface area contributed by atoms with Gasteiger partial charge < -0.3 is 24.1 Å². The van der Waals surface area contributed by atoms with E-state index in [1.807, 2.05) is 4.90 Å². The van der Waals surface area contributed by atoms with E-state index in [-0.39, 0.29) is 47.2 Å². The van der Waals surface area contributed by atoms with Crippen LogP contribution >= 0.6 is 0 Å². The van der Waals surface area contributed by atoms with E-state index in [0.29, 0.717) is 24.7 Å². The summed E-state index contributed by atoms with van der Waals surface area (Å²) in [6, 6.07) is 6.60. The first-order valence-corrected chi connectivity index (χ1v) is 10.4. The molecule has 176 valence electrons. The first-order chi connectivity index (χ1) is 16.1. The Morgan fingerprint density at radius 1 is 1.12 bits per heavy atom. The Bertz CT molecular complexity index is 1450. The second-order valence-corrected chi connectivity index (χ2v) is 8.13. The van der Waals surface area contributed by atoms with Gasteiger partial charge in [0.05, 0.1) is 17.9 Å². The van der Waals surface area contributed by atoms with E-state index in [2.05, 4.69) is 9.97 Å². The minimum atomic E-state index is -4.57. The summed E-state index contributed by atoms with van der Waals surface area (Å²) in [6.45, 7) is 2.38. The Kier molecular flexibility index (Phi) is 5.08. The van der Waals surface area contributed by atoms with Crippen LogP contribution in [0, 0.1) is 6.92 Å². The molecule has 0 atom stereocenters. The van der Waals surface area contributed by atoms with Crippen molar-refractivity contribution in [1.29, 1.82) is 0 Å². The van der Waals surface area contributed by atoms with Crippen molar-refractivity contribution >= 4 is 17.2 Å². The number of phenols is 1. The van der Waals surface area contributed by atoms with Crippen LogP contribution in [0.3, 0.4) is 0 Å². The van der Waals surface area contributed by atoms with Crippen LogP contribution in [0.15, 0.2) is 45.7 Å². The number of aliphatic hydroxyl groups excluding tert-OH is 1. The van der Waals surface area contributed by atoms with Gasteiger partial charge in [0.15, 0.2) is 5.58 Å². The van der Waals surface area contributed by atoms with Gasteiger partial charge in [0.25, 0.3) is 5.56 Å². The molecule has 4 heterocycles. The number of phenolic OH excluding ortho intramolecular Hbond substituents is 1. The Hall–Kier alpha value is -3.86. The highest BCUT2D eigenvalue weighted by atomic mass is 19.4. The summed E-state index contributed by atoms with van der Waals surface area (Å²) in [5.41, 5.74) is 1.89. The fourth-order valence-corrected chi connectivity index (χ4v) is 4.18. The number of pyridine rings is 2. The van der Waals surface area contributed by atoms with Crippen LogP contribution in [0.4, 0.5) is 19.2 Å². The Morgan fingerprint density at radius 3 is 2.59 bits per heavy atom. The average molecular weight is 472 g/mol. The monoisotopic (exact) mass is 472 g/mol. The molecule has 0 aliphatic carbocycles. The van der Waals surface area contributed by atoms with Crippen LogP contribution in [0.2, 0.25) is 0 Å². The smallest absolute Gasteiger partial charge is 0.416 e. The number of aryl methyl sites for hydroxylation is 1. The number of rotatable bonds is 4. The molecule has 0 amide bonds. The first kappa shape index (κ1) is 22.0. The molecule has 0 radical (unpaired) electrons.